The number of piperidine rings is 1. The van der Waals surface area contributed by atoms with Crippen LogP contribution in [0.5, 0.6) is 11.5 Å². The topological polar surface area (TPSA) is 157 Å². The zero-order chi connectivity index (χ0) is 28.4. The summed E-state index contributed by atoms with van der Waals surface area (Å²) in [6, 6.07) is 12.4. The van der Waals surface area contributed by atoms with Gasteiger partial charge in [0.1, 0.15) is 34.8 Å². The van der Waals surface area contributed by atoms with Crippen molar-refractivity contribution in [1.29, 1.82) is 5.26 Å². The summed E-state index contributed by atoms with van der Waals surface area (Å²) in [6.07, 6.45) is 2.13. The molecule has 3 aromatic heterocycles. The normalized spacial score (nSPS) is 17.4. The Morgan fingerprint density at radius 1 is 1.12 bits per heavy atom. The Balaban J connectivity index is 1.55. The fourth-order valence-corrected chi connectivity index (χ4v) is 6.57. The van der Waals surface area contributed by atoms with Crippen molar-refractivity contribution in [2.75, 3.05) is 32.2 Å². The van der Waals surface area contributed by atoms with Crippen LogP contribution < -0.4 is 14.4 Å². The molecule has 1 aromatic carbocycles. The van der Waals surface area contributed by atoms with E-state index in [0.717, 1.165) is 0 Å². The molecule has 4 aromatic rings. The number of sulfone groups is 1. The van der Waals surface area contributed by atoms with E-state index in [1.807, 2.05) is 6.07 Å². The van der Waals surface area contributed by atoms with Crippen LogP contribution in [0.2, 0.25) is 0 Å². The van der Waals surface area contributed by atoms with Gasteiger partial charge in [0.05, 0.1) is 43.0 Å². The highest BCUT2D eigenvalue weighted by atomic mass is 32.2. The largest absolute Gasteiger partial charge is 0.494 e. The SMILES string of the molecule is COc1cccc(OC)c1-n1c(CS(=O)(=O)[C@H]2C[C@@H](O)CN(c3cncc(C#N)c3)C2)nnc1-c1ccc(C)o1. The number of aliphatic hydroxyl groups is 1. The average Bonchev–Trinajstić information content (AvgIpc) is 3.57. The Labute approximate surface area is 231 Å². The van der Waals surface area contributed by atoms with Crippen LogP contribution in [0, 0.1) is 18.3 Å². The Kier molecular flexibility index (Phi) is 7.46. The van der Waals surface area contributed by atoms with E-state index in [0.29, 0.717) is 40.0 Å². The van der Waals surface area contributed by atoms with Crippen molar-refractivity contribution in [3.8, 4) is 34.8 Å². The Bertz CT molecular complexity index is 1650. The molecule has 0 amide bonds. The van der Waals surface area contributed by atoms with E-state index in [2.05, 4.69) is 15.2 Å². The van der Waals surface area contributed by atoms with E-state index in [4.69, 9.17) is 13.9 Å². The Hall–Kier alpha value is -4.41. The molecule has 1 aliphatic heterocycles. The molecule has 0 saturated carbocycles. The summed E-state index contributed by atoms with van der Waals surface area (Å²) in [5.74, 6) is 1.83. The molecule has 5 rings (SSSR count). The molecule has 0 aliphatic carbocycles. The molecular weight excluding hydrogens is 536 g/mol. The highest BCUT2D eigenvalue weighted by Crippen LogP contribution is 2.37. The number of benzene rings is 1. The number of hydrogen-bond donors (Lipinski definition) is 1. The lowest BCUT2D eigenvalue weighted by Gasteiger charge is -2.36. The first-order valence-corrected chi connectivity index (χ1v) is 14.2. The summed E-state index contributed by atoms with van der Waals surface area (Å²) in [5, 5.41) is 27.5. The fraction of sp³-hybridized carbons (Fsp3) is 0.333. The lowest BCUT2D eigenvalue weighted by Crippen LogP contribution is -2.49. The first-order chi connectivity index (χ1) is 19.2. The van der Waals surface area contributed by atoms with Gasteiger partial charge in [0.15, 0.2) is 21.4 Å². The number of anilines is 1. The van der Waals surface area contributed by atoms with Crippen LogP contribution in [0.25, 0.3) is 17.3 Å². The van der Waals surface area contributed by atoms with Crippen molar-refractivity contribution in [3.63, 3.8) is 0 Å². The molecule has 0 spiro atoms. The van der Waals surface area contributed by atoms with E-state index in [9.17, 15) is 18.8 Å². The number of aliphatic hydroxyl groups excluding tert-OH is 1. The van der Waals surface area contributed by atoms with Crippen LogP contribution in [-0.4, -0.2) is 71.9 Å². The van der Waals surface area contributed by atoms with Crippen LogP contribution in [0.15, 0.2) is 53.2 Å². The van der Waals surface area contributed by atoms with E-state index in [-0.39, 0.29) is 31.2 Å². The van der Waals surface area contributed by atoms with Gasteiger partial charge in [-0.2, -0.15) is 5.26 Å². The molecule has 1 fully saturated rings. The molecule has 12 nitrogen and oxygen atoms in total. The molecule has 4 heterocycles. The minimum Gasteiger partial charge on any atom is -0.494 e. The third kappa shape index (κ3) is 5.23. The van der Waals surface area contributed by atoms with E-state index >= 15 is 0 Å². The molecule has 13 heteroatoms. The lowest BCUT2D eigenvalue weighted by molar-refractivity contribution is 0.155. The highest BCUT2D eigenvalue weighted by Gasteiger charge is 2.37. The van der Waals surface area contributed by atoms with Crippen molar-refractivity contribution in [2.45, 2.75) is 30.5 Å². The van der Waals surface area contributed by atoms with Gasteiger partial charge >= 0.3 is 0 Å². The third-order valence-electron chi connectivity index (χ3n) is 6.76. The van der Waals surface area contributed by atoms with Crippen molar-refractivity contribution in [1.82, 2.24) is 19.7 Å². The van der Waals surface area contributed by atoms with Gasteiger partial charge in [-0.1, -0.05) is 6.07 Å². The lowest BCUT2D eigenvalue weighted by atomic mass is 10.1. The van der Waals surface area contributed by atoms with Gasteiger partial charge in [-0.25, -0.2) is 8.42 Å². The standard InChI is InChI=1S/C27H28N6O6S/c1-17-7-8-24(39-17)27-31-30-25(33(27)26-22(37-2)5-4-6-23(26)38-3)16-40(35,36)21-10-20(34)14-32(15-21)19-9-18(11-28)12-29-13-19/h4-9,12-13,20-21,34H,10,14-16H2,1-3H3/t20-,21+/m1/s1. The van der Waals surface area contributed by atoms with E-state index < -0.39 is 26.9 Å². The number of β-amino-alcohol motifs (C(OH)–C–C–N with tert-alkyl or cyclic N) is 1. The number of ether oxygens (including phenoxy) is 2. The summed E-state index contributed by atoms with van der Waals surface area (Å²) >= 11 is 0. The quantitative estimate of drug-likeness (QED) is 0.335. The monoisotopic (exact) mass is 564 g/mol. The number of para-hydroxylation sites is 1. The van der Waals surface area contributed by atoms with Crippen molar-refractivity contribution in [2.24, 2.45) is 0 Å². The van der Waals surface area contributed by atoms with Crippen LogP contribution in [0.1, 0.15) is 23.6 Å². The number of furan rings is 1. The third-order valence-corrected chi connectivity index (χ3v) is 8.78. The van der Waals surface area contributed by atoms with E-state index in [1.165, 1.54) is 20.4 Å². The van der Waals surface area contributed by atoms with Crippen molar-refractivity contribution in [3.05, 3.63) is 65.9 Å². The predicted octanol–water partition coefficient (Wildman–Crippen LogP) is 2.67. The van der Waals surface area contributed by atoms with Crippen LogP contribution in [-0.2, 0) is 15.6 Å². The van der Waals surface area contributed by atoms with Gasteiger partial charge in [-0.05, 0) is 43.7 Å². The van der Waals surface area contributed by atoms with Crippen LogP contribution in [0.4, 0.5) is 5.69 Å². The number of aryl methyl sites for hydroxylation is 1. The highest BCUT2D eigenvalue weighted by molar-refractivity contribution is 7.91. The first-order valence-electron chi connectivity index (χ1n) is 12.5. The van der Waals surface area contributed by atoms with Gasteiger partial charge in [-0.15, -0.1) is 10.2 Å². The molecule has 208 valence electrons. The number of hydrogen-bond acceptors (Lipinski definition) is 11. The molecule has 0 radical (unpaired) electrons. The number of methoxy groups -OCH3 is 2. The number of nitriles is 1. The maximum absolute atomic E-state index is 13.9. The molecular formula is C27H28N6O6S. The van der Waals surface area contributed by atoms with Gasteiger partial charge in [0.25, 0.3) is 0 Å². The zero-order valence-corrected chi connectivity index (χ0v) is 23.0. The summed E-state index contributed by atoms with van der Waals surface area (Å²) in [4.78, 5) is 5.80. The van der Waals surface area contributed by atoms with Crippen LogP contribution in [0.3, 0.4) is 0 Å². The Morgan fingerprint density at radius 3 is 2.52 bits per heavy atom. The predicted molar refractivity (Wildman–Crippen MR) is 145 cm³/mol. The molecule has 1 saturated heterocycles. The molecule has 40 heavy (non-hydrogen) atoms. The fourth-order valence-electron chi connectivity index (χ4n) is 4.87. The van der Waals surface area contributed by atoms with E-state index in [1.54, 1.807) is 59.0 Å². The molecule has 1 N–H and O–H groups in total. The number of aromatic nitrogens is 4. The summed E-state index contributed by atoms with van der Waals surface area (Å²) in [7, 11) is -0.874. The molecule has 0 bridgehead atoms. The number of nitrogens with zero attached hydrogens (tertiary/aromatic N) is 6. The second kappa shape index (κ2) is 11.0. The summed E-state index contributed by atoms with van der Waals surface area (Å²) < 4.78 is 46.3. The summed E-state index contributed by atoms with van der Waals surface area (Å²) in [5.41, 5.74) is 1.34. The molecule has 2 atom stereocenters. The van der Waals surface area contributed by atoms with Gasteiger partial charge in [-0.3, -0.25) is 9.55 Å². The average molecular weight is 565 g/mol. The zero-order valence-electron chi connectivity index (χ0n) is 22.2. The maximum atomic E-state index is 13.9. The van der Waals surface area contributed by atoms with Crippen LogP contribution >= 0.6 is 0 Å². The number of rotatable bonds is 8. The summed E-state index contributed by atoms with van der Waals surface area (Å²) in [6.45, 7) is 2.13. The van der Waals surface area contributed by atoms with Crippen molar-refractivity contribution >= 4 is 15.5 Å². The minimum absolute atomic E-state index is 0.0561. The number of pyridine rings is 1. The second-order valence-corrected chi connectivity index (χ2v) is 11.7. The van der Waals surface area contributed by atoms with Gasteiger partial charge < -0.3 is 23.9 Å². The second-order valence-electron chi connectivity index (χ2n) is 9.46. The Morgan fingerprint density at radius 2 is 1.88 bits per heavy atom. The molecule has 1 aliphatic rings. The first kappa shape index (κ1) is 27.2. The minimum atomic E-state index is -3.88. The molecule has 0 unspecified atom stereocenters. The van der Waals surface area contributed by atoms with Crippen molar-refractivity contribution < 1.29 is 27.4 Å². The van der Waals surface area contributed by atoms with Gasteiger partial charge in [0.2, 0.25) is 5.82 Å². The van der Waals surface area contributed by atoms with Gasteiger partial charge in [0, 0.05) is 19.3 Å². The smallest absolute Gasteiger partial charge is 0.204 e. The maximum Gasteiger partial charge on any atom is 0.204 e.